The largest absolute Gasteiger partial charge is 0.339 e. The summed E-state index contributed by atoms with van der Waals surface area (Å²) in [5.74, 6) is 0.900. The zero-order valence-electron chi connectivity index (χ0n) is 12.6. The number of hydrogen-bond acceptors (Lipinski definition) is 4. The first-order valence-corrected chi connectivity index (χ1v) is 7.51. The molecule has 0 fully saturated rings. The van der Waals surface area contributed by atoms with E-state index in [0.29, 0.717) is 36.2 Å². The number of nitrogens with one attached hydrogen (secondary N) is 1. The third kappa shape index (κ3) is 4.63. The minimum Gasteiger partial charge on any atom is -0.339 e. The summed E-state index contributed by atoms with van der Waals surface area (Å²) in [4.78, 5) is 4.36. The molecule has 1 atom stereocenters. The summed E-state index contributed by atoms with van der Waals surface area (Å²) in [6.07, 6.45) is 3.17. The molecule has 1 heterocycles. The van der Waals surface area contributed by atoms with Crippen LogP contribution in [0, 0.1) is 5.82 Å². The number of benzene rings is 1. The molecule has 5 heteroatoms. The van der Waals surface area contributed by atoms with Gasteiger partial charge < -0.3 is 9.84 Å². The number of halogens is 1. The predicted octanol–water partition coefficient (Wildman–Crippen LogP) is 3.12. The van der Waals surface area contributed by atoms with Crippen LogP contribution in [-0.4, -0.2) is 22.7 Å². The average molecular weight is 291 g/mol. The van der Waals surface area contributed by atoms with Gasteiger partial charge in [0, 0.05) is 18.9 Å². The minimum atomic E-state index is -0.236. The zero-order chi connectivity index (χ0) is 15.1. The second-order valence-corrected chi connectivity index (χ2v) is 5.14. The van der Waals surface area contributed by atoms with Crippen molar-refractivity contribution in [3.8, 4) is 0 Å². The SMILES string of the molecule is CCCNC(CC)Cc1nc(Cc2ccccc2F)no1. The summed E-state index contributed by atoms with van der Waals surface area (Å²) in [7, 11) is 0. The molecule has 1 unspecified atom stereocenters. The molecule has 1 N–H and O–H groups in total. The second kappa shape index (κ2) is 7.88. The van der Waals surface area contributed by atoms with Crippen LogP contribution in [0.2, 0.25) is 0 Å². The number of rotatable bonds is 8. The molecule has 21 heavy (non-hydrogen) atoms. The van der Waals surface area contributed by atoms with E-state index in [1.165, 1.54) is 6.07 Å². The van der Waals surface area contributed by atoms with E-state index in [-0.39, 0.29) is 5.82 Å². The summed E-state index contributed by atoms with van der Waals surface area (Å²) in [5, 5.41) is 7.39. The molecule has 0 radical (unpaired) electrons. The number of nitrogens with zero attached hydrogens (tertiary/aromatic N) is 2. The Morgan fingerprint density at radius 2 is 2.10 bits per heavy atom. The van der Waals surface area contributed by atoms with Gasteiger partial charge in [-0.1, -0.05) is 37.2 Å². The van der Waals surface area contributed by atoms with E-state index < -0.39 is 0 Å². The Balaban J connectivity index is 1.96. The van der Waals surface area contributed by atoms with Crippen molar-refractivity contribution in [3.63, 3.8) is 0 Å². The molecule has 0 aliphatic rings. The van der Waals surface area contributed by atoms with Crippen LogP contribution in [0.25, 0.3) is 0 Å². The van der Waals surface area contributed by atoms with Crippen molar-refractivity contribution in [3.05, 3.63) is 47.4 Å². The summed E-state index contributed by atoms with van der Waals surface area (Å²) in [6.45, 7) is 5.25. The molecular weight excluding hydrogens is 269 g/mol. The van der Waals surface area contributed by atoms with Gasteiger partial charge in [-0.05, 0) is 31.0 Å². The van der Waals surface area contributed by atoms with Gasteiger partial charge in [-0.15, -0.1) is 0 Å². The fourth-order valence-electron chi connectivity index (χ4n) is 2.18. The van der Waals surface area contributed by atoms with Crippen LogP contribution in [-0.2, 0) is 12.8 Å². The summed E-state index contributed by atoms with van der Waals surface area (Å²) in [6, 6.07) is 7.00. The number of aromatic nitrogens is 2. The highest BCUT2D eigenvalue weighted by molar-refractivity contribution is 5.20. The fraction of sp³-hybridized carbons (Fsp3) is 0.500. The molecule has 0 spiro atoms. The van der Waals surface area contributed by atoms with E-state index in [1.807, 2.05) is 0 Å². The Bertz CT molecular complexity index is 556. The van der Waals surface area contributed by atoms with Crippen molar-refractivity contribution < 1.29 is 8.91 Å². The first-order valence-electron chi connectivity index (χ1n) is 7.51. The molecule has 0 bridgehead atoms. The van der Waals surface area contributed by atoms with Crippen LogP contribution < -0.4 is 5.32 Å². The molecule has 0 aliphatic heterocycles. The molecule has 0 saturated carbocycles. The molecule has 1 aromatic carbocycles. The van der Waals surface area contributed by atoms with E-state index in [4.69, 9.17) is 4.52 Å². The zero-order valence-corrected chi connectivity index (χ0v) is 12.6. The van der Waals surface area contributed by atoms with E-state index in [9.17, 15) is 4.39 Å². The molecule has 0 aliphatic carbocycles. The third-order valence-corrected chi connectivity index (χ3v) is 3.41. The Hall–Kier alpha value is -1.75. The average Bonchev–Trinajstić information content (AvgIpc) is 2.93. The lowest BCUT2D eigenvalue weighted by Crippen LogP contribution is -2.31. The lowest BCUT2D eigenvalue weighted by atomic mass is 10.1. The first-order chi connectivity index (χ1) is 10.2. The van der Waals surface area contributed by atoms with Crippen molar-refractivity contribution in [1.82, 2.24) is 15.5 Å². The molecule has 2 aromatic rings. The van der Waals surface area contributed by atoms with E-state index in [2.05, 4.69) is 29.3 Å². The maximum Gasteiger partial charge on any atom is 0.228 e. The monoisotopic (exact) mass is 291 g/mol. The third-order valence-electron chi connectivity index (χ3n) is 3.41. The second-order valence-electron chi connectivity index (χ2n) is 5.14. The maximum atomic E-state index is 13.6. The molecule has 2 rings (SSSR count). The van der Waals surface area contributed by atoms with E-state index in [0.717, 1.165) is 19.4 Å². The van der Waals surface area contributed by atoms with Gasteiger partial charge in [0.05, 0.1) is 0 Å². The van der Waals surface area contributed by atoms with Crippen molar-refractivity contribution >= 4 is 0 Å². The van der Waals surface area contributed by atoms with Gasteiger partial charge in [0.15, 0.2) is 5.82 Å². The molecule has 1 aromatic heterocycles. The Morgan fingerprint density at radius 1 is 1.29 bits per heavy atom. The van der Waals surface area contributed by atoms with Crippen LogP contribution >= 0.6 is 0 Å². The van der Waals surface area contributed by atoms with Gasteiger partial charge in [0.2, 0.25) is 5.89 Å². The molecule has 0 amide bonds. The maximum absolute atomic E-state index is 13.6. The van der Waals surface area contributed by atoms with Crippen LogP contribution in [0.1, 0.15) is 44.0 Å². The van der Waals surface area contributed by atoms with Crippen molar-refractivity contribution in [2.75, 3.05) is 6.54 Å². The summed E-state index contributed by atoms with van der Waals surface area (Å²) in [5.41, 5.74) is 0.584. The van der Waals surface area contributed by atoms with Crippen molar-refractivity contribution in [1.29, 1.82) is 0 Å². The molecular formula is C16H22FN3O. The van der Waals surface area contributed by atoms with Gasteiger partial charge >= 0.3 is 0 Å². The topological polar surface area (TPSA) is 51.0 Å². The molecule has 0 saturated heterocycles. The van der Waals surface area contributed by atoms with Crippen molar-refractivity contribution in [2.45, 2.75) is 45.6 Å². The summed E-state index contributed by atoms with van der Waals surface area (Å²) < 4.78 is 18.9. The Labute approximate surface area is 124 Å². The lowest BCUT2D eigenvalue weighted by Gasteiger charge is -2.13. The Morgan fingerprint density at radius 3 is 2.81 bits per heavy atom. The van der Waals surface area contributed by atoms with Crippen LogP contribution in [0.15, 0.2) is 28.8 Å². The van der Waals surface area contributed by atoms with Gasteiger partial charge in [0.25, 0.3) is 0 Å². The highest BCUT2D eigenvalue weighted by Gasteiger charge is 2.13. The normalized spacial score (nSPS) is 12.5. The van der Waals surface area contributed by atoms with Gasteiger partial charge in [-0.2, -0.15) is 4.98 Å². The van der Waals surface area contributed by atoms with Gasteiger partial charge in [0.1, 0.15) is 5.82 Å². The Kier molecular flexibility index (Phi) is 5.87. The quantitative estimate of drug-likeness (QED) is 0.812. The van der Waals surface area contributed by atoms with Crippen LogP contribution in [0.4, 0.5) is 4.39 Å². The molecule has 114 valence electrons. The first kappa shape index (κ1) is 15.6. The van der Waals surface area contributed by atoms with E-state index >= 15 is 0 Å². The van der Waals surface area contributed by atoms with Crippen LogP contribution in [0.5, 0.6) is 0 Å². The van der Waals surface area contributed by atoms with Gasteiger partial charge in [-0.3, -0.25) is 0 Å². The summed E-state index contributed by atoms with van der Waals surface area (Å²) >= 11 is 0. The number of hydrogen-bond donors (Lipinski definition) is 1. The van der Waals surface area contributed by atoms with E-state index in [1.54, 1.807) is 18.2 Å². The van der Waals surface area contributed by atoms with Gasteiger partial charge in [-0.25, -0.2) is 4.39 Å². The highest BCUT2D eigenvalue weighted by Crippen LogP contribution is 2.12. The predicted molar refractivity (Wildman–Crippen MR) is 79.6 cm³/mol. The smallest absolute Gasteiger partial charge is 0.228 e. The highest BCUT2D eigenvalue weighted by atomic mass is 19.1. The molecule has 4 nitrogen and oxygen atoms in total. The standard InChI is InChI=1S/C16H22FN3O/c1-3-9-18-13(4-2)11-16-19-15(20-21-16)10-12-7-5-6-8-14(12)17/h5-8,13,18H,3-4,9-11H2,1-2H3. The van der Waals surface area contributed by atoms with Crippen molar-refractivity contribution in [2.24, 2.45) is 0 Å². The fourth-order valence-corrected chi connectivity index (χ4v) is 2.18. The minimum absolute atomic E-state index is 0.236. The lowest BCUT2D eigenvalue weighted by molar-refractivity contribution is 0.350. The van der Waals surface area contributed by atoms with Crippen LogP contribution in [0.3, 0.4) is 0 Å².